The molecule has 68 valence electrons. The zero-order valence-corrected chi connectivity index (χ0v) is 7.82. The number of pyridine rings is 1. The first-order valence-electron chi connectivity index (χ1n) is 3.68. The molecule has 0 unspecified atom stereocenters. The molecule has 0 aliphatic carbocycles. The molecular formula is C9H8ClFN2. The molecule has 0 aliphatic rings. The van der Waals surface area contributed by atoms with Crippen molar-refractivity contribution in [1.29, 1.82) is 0 Å². The van der Waals surface area contributed by atoms with Gasteiger partial charge in [0, 0.05) is 6.20 Å². The van der Waals surface area contributed by atoms with Crippen LogP contribution in [0, 0.1) is 17.7 Å². The zero-order chi connectivity index (χ0) is 9.68. The monoisotopic (exact) mass is 198 g/mol. The third kappa shape index (κ3) is 2.92. The summed E-state index contributed by atoms with van der Waals surface area (Å²) in [5.41, 5.74) is 0. The fraction of sp³-hybridized carbons (Fsp3) is 0.222. The molecule has 0 saturated carbocycles. The minimum Gasteiger partial charge on any atom is -0.357 e. The topological polar surface area (TPSA) is 24.9 Å². The lowest BCUT2D eigenvalue weighted by Gasteiger charge is -2.01. The number of anilines is 1. The molecule has 1 aromatic heterocycles. The predicted molar refractivity (Wildman–Crippen MR) is 51.1 cm³/mol. The quantitative estimate of drug-likeness (QED) is 0.738. The van der Waals surface area contributed by atoms with Gasteiger partial charge in [-0.05, 0) is 13.0 Å². The lowest BCUT2D eigenvalue weighted by atomic mass is 10.4. The summed E-state index contributed by atoms with van der Waals surface area (Å²) >= 11 is 5.52. The van der Waals surface area contributed by atoms with Crippen molar-refractivity contribution in [2.75, 3.05) is 11.9 Å². The second kappa shape index (κ2) is 4.68. The SMILES string of the molecule is CC#CCNc1ncc(Cl)cc1F. The second-order valence-corrected chi connectivity index (χ2v) is 2.70. The van der Waals surface area contributed by atoms with Crippen LogP contribution in [-0.4, -0.2) is 11.5 Å². The van der Waals surface area contributed by atoms with Crippen LogP contribution in [0.2, 0.25) is 5.02 Å². The van der Waals surface area contributed by atoms with E-state index < -0.39 is 5.82 Å². The Bertz CT molecular complexity index is 354. The Morgan fingerprint density at radius 3 is 3.08 bits per heavy atom. The number of rotatable bonds is 2. The van der Waals surface area contributed by atoms with Gasteiger partial charge in [0.15, 0.2) is 11.6 Å². The molecule has 1 N–H and O–H groups in total. The van der Waals surface area contributed by atoms with Crippen molar-refractivity contribution < 1.29 is 4.39 Å². The maximum Gasteiger partial charge on any atom is 0.166 e. The van der Waals surface area contributed by atoms with Crippen LogP contribution in [0.15, 0.2) is 12.3 Å². The number of hydrogen-bond donors (Lipinski definition) is 1. The Kier molecular flexibility index (Phi) is 3.53. The maximum absolute atomic E-state index is 13.0. The molecular weight excluding hydrogens is 191 g/mol. The Balaban J connectivity index is 2.70. The molecule has 1 rings (SSSR count). The van der Waals surface area contributed by atoms with E-state index >= 15 is 0 Å². The lowest BCUT2D eigenvalue weighted by molar-refractivity contribution is 0.625. The van der Waals surface area contributed by atoms with Crippen LogP contribution in [0.3, 0.4) is 0 Å². The van der Waals surface area contributed by atoms with Crippen LogP contribution < -0.4 is 5.32 Å². The van der Waals surface area contributed by atoms with Gasteiger partial charge in [-0.3, -0.25) is 0 Å². The van der Waals surface area contributed by atoms with Crippen molar-refractivity contribution in [2.24, 2.45) is 0 Å². The van der Waals surface area contributed by atoms with Gasteiger partial charge in [-0.2, -0.15) is 0 Å². The van der Waals surface area contributed by atoms with E-state index in [0.717, 1.165) is 0 Å². The molecule has 0 saturated heterocycles. The summed E-state index contributed by atoms with van der Waals surface area (Å²) < 4.78 is 13.0. The van der Waals surface area contributed by atoms with Crippen LogP contribution in [0.4, 0.5) is 10.2 Å². The largest absolute Gasteiger partial charge is 0.357 e. The Morgan fingerprint density at radius 1 is 1.69 bits per heavy atom. The van der Waals surface area contributed by atoms with E-state index in [-0.39, 0.29) is 10.8 Å². The summed E-state index contributed by atoms with van der Waals surface area (Å²) in [7, 11) is 0. The summed E-state index contributed by atoms with van der Waals surface area (Å²) in [6.07, 6.45) is 1.38. The summed E-state index contributed by atoms with van der Waals surface area (Å²) in [5.74, 6) is 5.12. The molecule has 0 spiro atoms. The molecule has 0 amide bonds. The van der Waals surface area contributed by atoms with Gasteiger partial charge in [-0.25, -0.2) is 9.37 Å². The minimum atomic E-state index is -0.467. The fourth-order valence-corrected chi connectivity index (χ4v) is 0.906. The molecule has 2 nitrogen and oxygen atoms in total. The van der Waals surface area contributed by atoms with Gasteiger partial charge in [0.05, 0.1) is 11.6 Å². The van der Waals surface area contributed by atoms with Gasteiger partial charge >= 0.3 is 0 Å². The minimum absolute atomic E-state index is 0.173. The van der Waals surface area contributed by atoms with Crippen LogP contribution in [0.1, 0.15) is 6.92 Å². The normalized spacial score (nSPS) is 8.85. The summed E-state index contributed by atoms with van der Waals surface area (Å²) in [6, 6.07) is 1.20. The van der Waals surface area contributed by atoms with Crippen LogP contribution in [0.5, 0.6) is 0 Å². The highest BCUT2D eigenvalue weighted by Crippen LogP contribution is 2.14. The van der Waals surface area contributed by atoms with Gasteiger partial charge in [0.25, 0.3) is 0 Å². The second-order valence-electron chi connectivity index (χ2n) is 2.26. The molecule has 0 bridgehead atoms. The number of halogens is 2. The average molecular weight is 199 g/mol. The number of hydrogen-bond acceptors (Lipinski definition) is 2. The first-order valence-corrected chi connectivity index (χ1v) is 4.06. The summed E-state index contributed by atoms with van der Waals surface area (Å²) in [4.78, 5) is 3.76. The van der Waals surface area contributed by atoms with E-state index in [1.54, 1.807) is 6.92 Å². The van der Waals surface area contributed by atoms with Gasteiger partial charge < -0.3 is 5.32 Å². The first kappa shape index (κ1) is 9.82. The van der Waals surface area contributed by atoms with E-state index in [4.69, 9.17) is 11.6 Å². The van der Waals surface area contributed by atoms with Crippen molar-refractivity contribution >= 4 is 17.4 Å². The van der Waals surface area contributed by atoms with Crippen molar-refractivity contribution in [2.45, 2.75) is 6.92 Å². The van der Waals surface area contributed by atoms with Gasteiger partial charge in [-0.15, -0.1) is 5.92 Å². The Morgan fingerprint density at radius 2 is 2.46 bits per heavy atom. The molecule has 0 atom stereocenters. The molecule has 1 aromatic rings. The number of aromatic nitrogens is 1. The number of nitrogens with one attached hydrogen (secondary N) is 1. The van der Waals surface area contributed by atoms with Crippen molar-refractivity contribution in [3.63, 3.8) is 0 Å². The van der Waals surface area contributed by atoms with Crippen LogP contribution in [-0.2, 0) is 0 Å². The molecule has 13 heavy (non-hydrogen) atoms. The molecule has 0 aliphatic heterocycles. The van der Waals surface area contributed by atoms with Gasteiger partial charge in [0.1, 0.15) is 0 Å². The first-order chi connectivity index (χ1) is 6.24. The molecule has 4 heteroatoms. The number of nitrogens with zero attached hydrogens (tertiary/aromatic N) is 1. The highest BCUT2D eigenvalue weighted by molar-refractivity contribution is 6.30. The van der Waals surface area contributed by atoms with Gasteiger partial charge in [-0.1, -0.05) is 17.5 Å². The highest BCUT2D eigenvalue weighted by Gasteiger charge is 2.01. The zero-order valence-electron chi connectivity index (χ0n) is 7.06. The lowest BCUT2D eigenvalue weighted by Crippen LogP contribution is -2.03. The highest BCUT2D eigenvalue weighted by atomic mass is 35.5. The average Bonchev–Trinajstić information content (AvgIpc) is 2.09. The van der Waals surface area contributed by atoms with Crippen molar-refractivity contribution in [3.05, 3.63) is 23.1 Å². The third-order valence-electron chi connectivity index (χ3n) is 1.33. The van der Waals surface area contributed by atoms with E-state index in [2.05, 4.69) is 22.1 Å². The van der Waals surface area contributed by atoms with Crippen LogP contribution >= 0.6 is 11.6 Å². The van der Waals surface area contributed by atoms with E-state index in [9.17, 15) is 4.39 Å². The Hall–Kier alpha value is -1.27. The smallest absolute Gasteiger partial charge is 0.166 e. The van der Waals surface area contributed by atoms with Crippen molar-refractivity contribution in [3.8, 4) is 11.8 Å². The van der Waals surface area contributed by atoms with Gasteiger partial charge in [0.2, 0.25) is 0 Å². The Labute approximate surface area is 81.1 Å². The van der Waals surface area contributed by atoms with E-state index in [1.807, 2.05) is 0 Å². The van der Waals surface area contributed by atoms with Crippen LogP contribution in [0.25, 0.3) is 0 Å². The molecule has 0 fully saturated rings. The fourth-order valence-electron chi connectivity index (χ4n) is 0.761. The summed E-state index contributed by atoms with van der Waals surface area (Å²) in [6.45, 7) is 2.09. The molecule has 0 radical (unpaired) electrons. The third-order valence-corrected chi connectivity index (χ3v) is 1.54. The van der Waals surface area contributed by atoms with E-state index in [1.165, 1.54) is 12.3 Å². The molecule has 1 heterocycles. The standard InChI is InChI=1S/C9H8ClFN2/c1-2-3-4-12-9-8(11)5-7(10)6-13-9/h5-6H,4H2,1H3,(H,12,13). The summed E-state index contributed by atoms with van der Waals surface area (Å²) in [5, 5.41) is 3.00. The molecule has 0 aromatic carbocycles. The maximum atomic E-state index is 13.0. The predicted octanol–water partition coefficient (Wildman–Crippen LogP) is 2.31. The van der Waals surface area contributed by atoms with Crippen molar-refractivity contribution in [1.82, 2.24) is 4.98 Å². The van der Waals surface area contributed by atoms with E-state index in [0.29, 0.717) is 6.54 Å².